The molecule has 0 aliphatic carbocycles. The van der Waals surface area contributed by atoms with E-state index in [4.69, 9.17) is 5.73 Å². The first-order valence-corrected chi connectivity index (χ1v) is 6.54. The van der Waals surface area contributed by atoms with Crippen LogP contribution >= 0.6 is 11.3 Å². The highest BCUT2D eigenvalue weighted by atomic mass is 32.1. The molecule has 102 valence electrons. The van der Waals surface area contributed by atoms with Gasteiger partial charge in [0.2, 0.25) is 0 Å². The Labute approximate surface area is 113 Å². The second kappa shape index (κ2) is 5.13. The van der Waals surface area contributed by atoms with E-state index in [0.717, 1.165) is 20.5 Å². The van der Waals surface area contributed by atoms with Crippen LogP contribution in [0, 0.1) is 6.92 Å². The summed E-state index contributed by atoms with van der Waals surface area (Å²) in [7, 11) is 1.35. The minimum absolute atomic E-state index is 0.326. The quantitative estimate of drug-likeness (QED) is 0.941. The molecule has 0 aliphatic heterocycles. The number of halogens is 2. The molecule has 0 saturated heterocycles. The van der Waals surface area contributed by atoms with E-state index in [9.17, 15) is 13.6 Å². The van der Waals surface area contributed by atoms with Gasteiger partial charge in [0.25, 0.3) is 12.3 Å². The maximum absolute atomic E-state index is 12.3. The number of hydrogen-bond donors (Lipinski definition) is 1. The van der Waals surface area contributed by atoms with Crippen molar-refractivity contribution in [3.63, 3.8) is 0 Å². The first-order valence-electron chi connectivity index (χ1n) is 5.73. The standard InChI is InChI=1S/C13H14F2N2OS/c1-7-4-3-5-8-10(16)12(19-11(7)8)13(18)17(2)6-9(14)15/h3-5,9H,6,16H2,1-2H3. The minimum atomic E-state index is -2.55. The van der Waals surface area contributed by atoms with Gasteiger partial charge in [0.1, 0.15) is 4.88 Å². The molecule has 1 heterocycles. The van der Waals surface area contributed by atoms with Gasteiger partial charge in [-0.3, -0.25) is 4.79 Å². The molecular weight excluding hydrogens is 270 g/mol. The van der Waals surface area contributed by atoms with E-state index in [1.807, 2.05) is 25.1 Å². The van der Waals surface area contributed by atoms with Crippen LogP contribution in [0.2, 0.25) is 0 Å². The van der Waals surface area contributed by atoms with Crippen LogP contribution in [-0.2, 0) is 0 Å². The van der Waals surface area contributed by atoms with E-state index in [0.29, 0.717) is 10.6 Å². The predicted octanol–water partition coefficient (Wildman–Crippen LogP) is 3.13. The molecule has 2 N–H and O–H groups in total. The van der Waals surface area contributed by atoms with Crippen LogP contribution in [0.15, 0.2) is 18.2 Å². The molecular formula is C13H14F2N2OS. The summed E-state index contributed by atoms with van der Waals surface area (Å²) in [5, 5.41) is 0.804. The summed E-state index contributed by atoms with van der Waals surface area (Å²) in [6.45, 7) is 1.33. The van der Waals surface area contributed by atoms with Gasteiger partial charge in [0.15, 0.2) is 0 Å². The topological polar surface area (TPSA) is 46.3 Å². The third kappa shape index (κ3) is 2.53. The zero-order chi connectivity index (χ0) is 14.2. The van der Waals surface area contributed by atoms with Gasteiger partial charge in [-0.05, 0) is 12.5 Å². The lowest BCUT2D eigenvalue weighted by Gasteiger charge is -2.15. The molecule has 19 heavy (non-hydrogen) atoms. The average Bonchev–Trinajstić information content (AvgIpc) is 2.67. The molecule has 1 aromatic carbocycles. The lowest BCUT2D eigenvalue weighted by Crippen LogP contribution is -2.31. The van der Waals surface area contributed by atoms with Gasteiger partial charge in [0, 0.05) is 17.1 Å². The predicted molar refractivity (Wildman–Crippen MR) is 73.9 cm³/mol. The number of anilines is 1. The fourth-order valence-corrected chi connectivity index (χ4v) is 3.09. The van der Waals surface area contributed by atoms with Gasteiger partial charge in [0.05, 0.1) is 12.2 Å². The van der Waals surface area contributed by atoms with Crippen LogP contribution in [0.3, 0.4) is 0 Å². The number of nitrogens with zero attached hydrogens (tertiary/aromatic N) is 1. The van der Waals surface area contributed by atoms with E-state index in [1.54, 1.807) is 0 Å². The van der Waals surface area contributed by atoms with E-state index in [1.165, 1.54) is 18.4 Å². The van der Waals surface area contributed by atoms with Gasteiger partial charge < -0.3 is 10.6 Å². The number of fused-ring (bicyclic) bond motifs is 1. The smallest absolute Gasteiger partial charge is 0.266 e. The molecule has 0 fully saturated rings. The Morgan fingerprint density at radius 2 is 2.16 bits per heavy atom. The van der Waals surface area contributed by atoms with E-state index < -0.39 is 18.9 Å². The van der Waals surface area contributed by atoms with Crippen LogP contribution in [0.1, 0.15) is 15.2 Å². The van der Waals surface area contributed by atoms with E-state index in [2.05, 4.69) is 0 Å². The molecule has 2 rings (SSSR count). The maximum atomic E-state index is 12.3. The summed E-state index contributed by atoms with van der Waals surface area (Å²) in [5.74, 6) is -0.460. The minimum Gasteiger partial charge on any atom is -0.397 e. The third-order valence-electron chi connectivity index (χ3n) is 2.90. The zero-order valence-corrected chi connectivity index (χ0v) is 11.4. The fourth-order valence-electron chi connectivity index (χ4n) is 1.90. The molecule has 6 heteroatoms. The number of rotatable bonds is 3. The second-order valence-corrected chi connectivity index (χ2v) is 5.39. The van der Waals surface area contributed by atoms with Crippen molar-refractivity contribution in [2.24, 2.45) is 0 Å². The SMILES string of the molecule is Cc1cccc2c(N)c(C(=O)N(C)CC(F)F)sc12. The molecule has 0 bridgehead atoms. The highest BCUT2D eigenvalue weighted by Gasteiger charge is 2.22. The lowest BCUT2D eigenvalue weighted by molar-refractivity contribution is 0.0625. The average molecular weight is 284 g/mol. The molecule has 0 aliphatic rings. The van der Waals surface area contributed by atoms with Crippen LogP contribution in [0.25, 0.3) is 10.1 Å². The maximum Gasteiger partial charge on any atom is 0.266 e. The summed E-state index contributed by atoms with van der Waals surface area (Å²) in [5.41, 5.74) is 7.34. The molecule has 0 atom stereocenters. The lowest BCUT2D eigenvalue weighted by atomic mass is 10.1. The number of hydrogen-bond acceptors (Lipinski definition) is 3. The number of alkyl halides is 2. The molecule has 1 aromatic heterocycles. The van der Waals surface area contributed by atoms with Gasteiger partial charge in [-0.1, -0.05) is 18.2 Å². The number of carbonyl (C=O) groups excluding carboxylic acids is 1. The molecule has 0 spiro atoms. The Hall–Kier alpha value is -1.69. The van der Waals surface area contributed by atoms with Gasteiger partial charge in [-0.25, -0.2) is 8.78 Å². The Bertz CT molecular complexity index is 624. The van der Waals surface area contributed by atoms with Crippen molar-refractivity contribution in [3.05, 3.63) is 28.6 Å². The van der Waals surface area contributed by atoms with Gasteiger partial charge in [-0.2, -0.15) is 0 Å². The van der Waals surface area contributed by atoms with Crippen LogP contribution in [-0.4, -0.2) is 30.8 Å². The summed E-state index contributed by atoms with van der Waals surface area (Å²) in [6.07, 6.45) is -2.55. The highest BCUT2D eigenvalue weighted by Crippen LogP contribution is 2.36. The normalized spacial score (nSPS) is 11.2. The van der Waals surface area contributed by atoms with Crippen LogP contribution in [0.5, 0.6) is 0 Å². The summed E-state index contributed by atoms with van der Waals surface area (Å²) < 4.78 is 25.5. The molecule has 1 amide bonds. The number of nitrogen functional groups attached to an aromatic ring is 1. The van der Waals surface area contributed by atoms with Crippen molar-refractivity contribution in [2.45, 2.75) is 13.3 Å². The summed E-state index contributed by atoms with van der Waals surface area (Å²) in [6, 6.07) is 5.62. The first kappa shape index (κ1) is 13.7. The molecule has 3 nitrogen and oxygen atoms in total. The Morgan fingerprint density at radius 3 is 2.74 bits per heavy atom. The number of benzene rings is 1. The third-order valence-corrected chi connectivity index (χ3v) is 4.25. The first-order chi connectivity index (χ1) is 8.91. The molecule has 0 saturated carbocycles. The number of aryl methyl sites for hydroxylation is 1. The molecule has 2 aromatic rings. The van der Waals surface area contributed by atoms with Gasteiger partial charge in [-0.15, -0.1) is 11.3 Å². The van der Waals surface area contributed by atoms with Crippen molar-refractivity contribution >= 4 is 33.0 Å². The summed E-state index contributed by atoms with van der Waals surface area (Å²) in [4.78, 5) is 13.4. The molecule has 0 unspecified atom stereocenters. The monoisotopic (exact) mass is 284 g/mol. The largest absolute Gasteiger partial charge is 0.397 e. The Kier molecular flexibility index (Phi) is 3.71. The summed E-state index contributed by atoms with van der Waals surface area (Å²) >= 11 is 1.25. The van der Waals surface area contributed by atoms with Crippen molar-refractivity contribution in [2.75, 3.05) is 19.3 Å². The number of nitrogens with two attached hydrogens (primary N) is 1. The number of thiophene rings is 1. The Balaban J connectivity index is 2.43. The van der Waals surface area contributed by atoms with E-state index in [-0.39, 0.29) is 0 Å². The van der Waals surface area contributed by atoms with E-state index >= 15 is 0 Å². The van der Waals surface area contributed by atoms with Crippen molar-refractivity contribution < 1.29 is 13.6 Å². The van der Waals surface area contributed by atoms with Crippen LogP contribution in [0.4, 0.5) is 14.5 Å². The second-order valence-electron chi connectivity index (χ2n) is 4.37. The molecule has 0 radical (unpaired) electrons. The fraction of sp³-hybridized carbons (Fsp3) is 0.308. The number of carbonyl (C=O) groups is 1. The zero-order valence-electron chi connectivity index (χ0n) is 10.6. The highest BCUT2D eigenvalue weighted by molar-refractivity contribution is 7.21. The van der Waals surface area contributed by atoms with Crippen molar-refractivity contribution in [1.82, 2.24) is 4.90 Å². The number of amides is 1. The Morgan fingerprint density at radius 1 is 1.47 bits per heavy atom. The van der Waals surface area contributed by atoms with Crippen molar-refractivity contribution in [1.29, 1.82) is 0 Å². The van der Waals surface area contributed by atoms with Crippen LogP contribution < -0.4 is 5.73 Å². The van der Waals surface area contributed by atoms with Crippen molar-refractivity contribution in [3.8, 4) is 0 Å². The van der Waals surface area contributed by atoms with Gasteiger partial charge >= 0.3 is 0 Å².